The van der Waals surface area contributed by atoms with E-state index in [4.69, 9.17) is 14.2 Å². The number of hydrogen-bond donors (Lipinski definition) is 4. The number of H-pyrrole nitrogens is 2. The Kier molecular flexibility index (Phi) is 11.0. The molecule has 16 nitrogen and oxygen atoms in total. The number of nitrogens with zero attached hydrogens (tertiary/aromatic N) is 5. The molecular formula is C43H50FN9O7. The van der Waals surface area contributed by atoms with Gasteiger partial charge >= 0.3 is 12.2 Å². The van der Waals surface area contributed by atoms with Gasteiger partial charge < -0.3 is 49.2 Å². The second kappa shape index (κ2) is 16.3. The number of fused-ring (bicyclic) bond motifs is 5. The van der Waals surface area contributed by atoms with Crippen molar-refractivity contribution in [3.8, 4) is 39.5 Å². The highest BCUT2D eigenvalue weighted by Gasteiger charge is 2.39. The maximum absolute atomic E-state index is 16.6. The van der Waals surface area contributed by atoms with Gasteiger partial charge in [0.25, 0.3) is 0 Å². The van der Waals surface area contributed by atoms with Gasteiger partial charge in [-0.15, -0.1) is 0 Å². The van der Waals surface area contributed by atoms with Gasteiger partial charge in [0.1, 0.15) is 29.5 Å². The summed E-state index contributed by atoms with van der Waals surface area (Å²) in [5.41, 5.74) is 4.65. The molecule has 6 heterocycles. The monoisotopic (exact) mass is 823 g/mol. The zero-order valence-electron chi connectivity index (χ0n) is 34.5. The number of hydrogen-bond acceptors (Lipinski definition) is 9. The standard InChI is InChI=1S/C43H50FN9O7/c1-22(2)35(49-42(56)58-5)40(54)51-15-7-9-31(51)38-45-19-28(47-38)24-12-14-30-27(17-24)34(44)37-26-13-11-25(18-33(26)60-21-53(30)37)29-20-46-39(48-29)32-10-8-16-52(32)41(55)36(23(3)4)50-43(57)59-6/h11-14,17-20,22-23,31-32,35-36H,7-10,15-16,21H2,1-6H3,(H,45,47)(H,46,48)(H,49,56)(H,50,57)/t31-,32-,35-,36?/m0/s1. The molecule has 2 saturated heterocycles. The molecule has 5 aromatic rings. The fourth-order valence-corrected chi connectivity index (χ4v) is 8.71. The largest absolute Gasteiger partial charge is 0.472 e. The van der Waals surface area contributed by atoms with E-state index in [9.17, 15) is 19.2 Å². The lowest BCUT2D eigenvalue weighted by Gasteiger charge is -2.30. The lowest BCUT2D eigenvalue weighted by atomic mass is 10.0. The van der Waals surface area contributed by atoms with E-state index in [2.05, 4.69) is 30.6 Å². The minimum absolute atomic E-state index is 0.109. The van der Waals surface area contributed by atoms with Crippen molar-refractivity contribution in [1.29, 1.82) is 0 Å². The van der Waals surface area contributed by atoms with Crippen molar-refractivity contribution in [2.75, 3.05) is 27.3 Å². The number of ether oxygens (including phenoxy) is 3. The zero-order valence-corrected chi connectivity index (χ0v) is 34.5. The highest BCUT2D eigenvalue weighted by atomic mass is 19.1. The number of likely N-dealkylation sites (tertiary alicyclic amines) is 2. The SMILES string of the molecule is COC(=O)NC(C(=O)N1CCC[C@H]1c1ncc(-c2ccc3c(c2)OCn2c-3c(F)c3cc(-c4cnc([C@@H]5CCCN5C(=O)[C@@H](NC(=O)OC)C(C)C)[nH]4)ccc32)[nH]1)C(C)C. The number of aromatic amines is 2. The normalized spacial score (nSPS) is 18.3. The molecule has 316 valence electrons. The topological polar surface area (TPSA) is 189 Å². The molecule has 2 aromatic carbocycles. The third-order valence-corrected chi connectivity index (χ3v) is 11.9. The first-order chi connectivity index (χ1) is 28.9. The Morgan fingerprint density at radius 3 is 1.82 bits per heavy atom. The number of benzene rings is 2. The molecular weight excluding hydrogens is 774 g/mol. The number of imidazole rings is 2. The summed E-state index contributed by atoms with van der Waals surface area (Å²) in [5.74, 6) is 0.742. The molecule has 0 aliphatic carbocycles. The number of amides is 4. The fraction of sp³-hybridized carbons (Fsp3) is 0.442. The van der Waals surface area contributed by atoms with E-state index in [0.29, 0.717) is 64.8 Å². The second-order valence-corrected chi connectivity index (χ2v) is 16.3. The molecule has 0 saturated carbocycles. The molecule has 8 rings (SSSR count). The molecule has 3 aliphatic heterocycles. The smallest absolute Gasteiger partial charge is 0.407 e. The van der Waals surface area contributed by atoms with Crippen LogP contribution in [0.1, 0.15) is 77.1 Å². The molecule has 4 N–H and O–H groups in total. The van der Waals surface area contributed by atoms with Crippen LogP contribution in [0.15, 0.2) is 48.8 Å². The van der Waals surface area contributed by atoms with Crippen LogP contribution < -0.4 is 15.4 Å². The quantitative estimate of drug-likeness (QED) is 0.119. The van der Waals surface area contributed by atoms with Gasteiger partial charge in [-0.2, -0.15) is 0 Å². The van der Waals surface area contributed by atoms with Crippen LogP contribution in [0.3, 0.4) is 0 Å². The number of alkyl carbamates (subject to hydrolysis) is 2. The summed E-state index contributed by atoms with van der Waals surface area (Å²) in [6, 6.07) is 9.11. The van der Waals surface area contributed by atoms with Crippen molar-refractivity contribution in [3.63, 3.8) is 0 Å². The first kappa shape index (κ1) is 40.4. The molecule has 4 amide bonds. The third-order valence-electron chi connectivity index (χ3n) is 11.9. The summed E-state index contributed by atoms with van der Waals surface area (Å²) in [4.78, 5) is 70.9. The van der Waals surface area contributed by atoms with Gasteiger partial charge in [0.05, 0.1) is 61.3 Å². The highest BCUT2D eigenvalue weighted by Crippen LogP contribution is 2.44. The first-order valence-corrected chi connectivity index (χ1v) is 20.4. The van der Waals surface area contributed by atoms with E-state index in [1.54, 1.807) is 28.3 Å². The van der Waals surface area contributed by atoms with E-state index in [-0.39, 0.29) is 48.3 Å². The van der Waals surface area contributed by atoms with Crippen molar-refractivity contribution in [1.82, 2.24) is 44.9 Å². The zero-order chi connectivity index (χ0) is 42.4. The van der Waals surface area contributed by atoms with Crippen molar-refractivity contribution in [2.45, 2.75) is 84.3 Å². The second-order valence-electron chi connectivity index (χ2n) is 16.3. The predicted molar refractivity (Wildman–Crippen MR) is 219 cm³/mol. The van der Waals surface area contributed by atoms with Gasteiger partial charge in [0.15, 0.2) is 12.5 Å². The van der Waals surface area contributed by atoms with Gasteiger partial charge in [-0.1, -0.05) is 39.8 Å². The Bertz CT molecular complexity index is 2450. The third kappa shape index (κ3) is 7.30. The first-order valence-electron chi connectivity index (χ1n) is 20.4. The van der Waals surface area contributed by atoms with E-state index in [1.165, 1.54) is 14.2 Å². The van der Waals surface area contributed by atoms with Crippen LogP contribution in [0.2, 0.25) is 0 Å². The molecule has 0 radical (unpaired) electrons. The molecule has 4 atom stereocenters. The maximum atomic E-state index is 16.6. The Morgan fingerprint density at radius 2 is 1.30 bits per heavy atom. The number of nitrogens with one attached hydrogen (secondary N) is 4. The van der Waals surface area contributed by atoms with Crippen LogP contribution in [-0.4, -0.2) is 97.7 Å². The number of aromatic nitrogens is 5. The summed E-state index contributed by atoms with van der Waals surface area (Å²) < 4.78 is 34.1. The highest BCUT2D eigenvalue weighted by molar-refractivity contribution is 5.93. The summed E-state index contributed by atoms with van der Waals surface area (Å²) in [5, 5.41) is 5.78. The maximum Gasteiger partial charge on any atom is 0.407 e. The van der Waals surface area contributed by atoms with Crippen LogP contribution in [0.5, 0.6) is 5.75 Å². The van der Waals surface area contributed by atoms with Gasteiger partial charge in [-0.3, -0.25) is 9.59 Å². The lowest BCUT2D eigenvalue weighted by molar-refractivity contribution is -0.136. The number of carbonyl (C=O) groups excluding carboxylic acids is 4. The molecule has 60 heavy (non-hydrogen) atoms. The molecule has 0 bridgehead atoms. The van der Waals surface area contributed by atoms with Crippen LogP contribution in [0.4, 0.5) is 14.0 Å². The van der Waals surface area contributed by atoms with Gasteiger partial charge in [-0.05, 0) is 61.8 Å². The average molecular weight is 824 g/mol. The molecule has 3 aliphatic rings. The lowest BCUT2D eigenvalue weighted by Crippen LogP contribution is -2.51. The summed E-state index contributed by atoms with van der Waals surface area (Å²) >= 11 is 0. The van der Waals surface area contributed by atoms with Gasteiger partial charge in [0, 0.05) is 35.2 Å². The van der Waals surface area contributed by atoms with Crippen LogP contribution in [0, 0.1) is 17.7 Å². The Labute approximate surface area is 346 Å². The molecule has 0 spiro atoms. The van der Waals surface area contributed by atoms with E-state index in [1.807, 2.05) is 62.6 Å². The Balaban J connectivity index is 1.01. The van der Waals surface area contributed by atoms with Gasteiger partial charge in [0.2, 0.25) is 11.8 Å². The molecule has 17 heteroatoms. The van der Waals surface area contributed by atoms with Crippen molar-refractivity contribution in [2.24, 2.45) is 11.8 Å². The molecule has 1 unspecified atom stereocenters. The van der Waals surface area contributed by atoms with E-state index < -0.39 is 24.3 Å². The number of halogens is 1. The fourth-order valence-electron chi connectivity index (χ4n) is 8.71. The minimum Gasteiger partial charge on any atom is -0.472 e. The Morgan fingerprint density at radius 1 is 0.783 bits per heavy atom. The summed E-state index contributed by atoms with van der Waals surface area (Å²) in [6.45, 7) is 8.68. The minimum atomic E-state index is -0.743. The van der Waals surface area contributed by atoms with Crippen LogP contribution in [-0.2, 0) is 25.8 Å². The molecule has 2 fully saturated rings. The Hall–Kier alpha value is -6.39. The number of carbonyl (C=O) groups is 4. The van der Waals surface area contributed by atoms with Crippen LogP contribution in [0.25, 0.3) is 44.7 Å². The van der Waals surface area contributed by atoms with Crippen molar-refractivity contribution < 1.29 is 37.8 Å². The van der Waals surface area contributed by atoms with E-state index in [0.717, 1.165) is 36.1 Å². The van der Waals surface area contributed by atoms with Crippen molar-refractivity contribution >= 4 is 34.9 Å². The summed E-state index contributed by atoms with van der Waals surface area (Å²) in [6.07, 6.45) is 5.12. The van der Waals surface area contributed by atoms with Crippen molar-refractivity contribution in [3.05, 3.63) is 66.3 Å². The van der Waals surface area contributed by atoms with E-state index >= 15 is 4.39 Å². The summed E-state index contributed by atoms with van der Waals surface area (Å²) in [7, 11) is 2.54. The predicted octanol–water partition coefficient (Wildman–Crippen LogP) is 6.67. The number of rotatable bonds is 10. The number of methoxy groups -OCH3 is 2. The average Bonchev–Trinajstić information content (AvgIpc) is 4.11. The molecule has 3 aromatic heterocycles. The van der Waals surface area contributed by atoms with Crippen LogP contribution >= 0.6 is 0 Å². The van der Waals surface area contributed by atoms with Gasteiger partial charge in [-0.25, -0.2) is 23.9 Å².